The molecule has 0 aliphatic heterocycles. The molecule has 0 aromatic heterocycles. The van der Waals surface area contributed by atoms with Gasteiger partial charge in [0.2, 0.25) is 6.41 Å². The lowest BCUT2D eigenvalue weighted by molar-refractivity contribution is -0.117. The van der Waals surface area contributed by atoms with Crippen molar-refractivity contribution in [1.29, 1.82) is 0 Å². The summed E-state index contributed by atoms with van der Waals surface area (Å²) < 4.78 is 0. The highest BCUT2D eigenvalue weighted by atomic mass is 16.1. The molecule has 1 amide bonds. The molecule has 0 aromatic rings. The average Bonchev–Trinajstić information content (AvgIpc) is 1.82. The number of carbonyl (C=O) groups is 2. The Kier molecular flexibility index (Phi) is 2.31. The molecule has 0 spiro atoms. The smallest absolute Gasteiger partial charge is 0.211 e. The number of amides is 1. The van der Waals surface area contributed by atoms with Gasteiger partial charge < -0.3 is 5.32 Å². The van der Waals surface area contributed by atoms with Crippen molar-refractivity contribution < 1.29 is 9.59 Å². The number of ketones is 1. The van der Waals surface area contributed by atoms with Crippen LogP contribution in [0.3, 0.4) is 0 Å². The molecule has 12 heavy (non-hydrogen) atoms. The van der Waals surface area contributed by atoms with Crippen LogP contribution < -0.4 is 5.32 Å². The molecule has 0 fully saturated rings. The van der Waals surface area contributed by atoms with Gasteiger partial charge >= 0.3 is 0 Å². The summed E-state index contributed by atoms with van der Waals surface area (Å²) >= 11 is 0. The molecule has 66 valence electrons. The fraction of sp³-hybridized carbons (Fsp3) is 0.556. The second-order valence-electron chi connectivity index (χ2n) is 3.92. The molecular weight excluding hydrogens is 154 g/mol. The van der Waals surface area contributed by atoms with E-state index in [0.717, 1.165) is 12.1 Å². The van der Waals surface area contributed by atoms with E-state index in [4.69, 9.17) is 0 Å². The standard InChI is InChI=1S/C9H13NO2/c1-9(2)4-7(10-6-11)3-8(12)5-9/h3,6H,4-5H2,1-2H3,(H,10,11). The topological polar surface area (TPSA) is 46.2 Å². The molecule has 0 radical (unpaired) electrons. The predicted octanol–water partition coefficient (Wildman–Crippen LogP) is 1.01. The molecule has 1 aliphatic rings. The number of hydrogen-bond acceptors (Lipinski definition) is 2. The Bertz CT molecular complexity index is 241. The lowest BCUT2D eigenvalue weighted by Gasteiger charge is -2.28. The minimum Gasteiger partial charge on any atom is -0.332 e. The SMILES string of the molecule is CC1(C)CC(=O)C=C(NC=O)C1. The Labute approximate surface area is 71.8 Å². The van der Waals surface area contributed by atoms with E-state index < -0.39 is 0 Å². The fourth-order valence-electron chi connectivity index (χ4n) is 1.51. The number of hydrogen-bond donors (Lipinski definition) is 1. The molecule has 3 nitrogen and oxygen atoms in total. The Hall–Kier alpha value is -1.12. The van der Waals surface area contributed by atoms with Gasteiger partial charge in [-0.15, -0.1) is 0 Å². The lowest BCUT2D eigenvalue weighted by Crippen LogP contribution is -2.27. The second kappa shape index (κ2) is 3.09. The minimum absolute atomic E-state index is 0.0167. The van der Waals surface area contributed by atoms with Gasteiger partial charge in [0.15, 0.2) is 5.78 Å². The van der Waals surface area contributed by atoms with Gasteiger partial charge in [-0.05, 0) is 11.8 Å². The minimum atomic E-state index is -0.0167. The van der Waals surface area contributed by atoms with Crippen molar-refractivity contribution in [3.8, 4) is 0 Å². The van der Waals surface area contributed by atoms with Crippen molar-refractivity contribution in [3.05, 3.63) is 11.8 Å². The van der Waals surface area contributed by atoms with E-state index in [0.29, 0.717) is 12.8 Å². The van der Waals surface area contributed by atoms with Gasteiger partial charge in [0.25, 0.3) is 0 Å². The fourth-order valence-corrected chi connectivity index (χ4v) is 1.51. The van der Waals surface area contributed by atoms with Crippen molar-refractivity contribution >= 4 is 12.2 Å². The number of nitrogens with one attached hydrogen (secondary N) is 1. The molecule has 1 aliphatic carbocycles. The zero-order chi connectivity index (χ0) is 9.19. The third-order valence-corrected chi connectivity index (χ3v) is 1.90. The van der Waals surface area contributed by atoms with Crippen molar-refractivity contribution in [2.24, 2.45) is 5.41 Å². The summed E-state index contributed by atoms with van der Waals surface area (Å²) in [5.41, 5.74) is 0.711. The first-order valence-corrected chi connectivity index (χ1v) is 3.97. The summed E-state index contributed by atoms with van der Waals surface area (Å²) in [5, 5.41) is 2.53. The monoisotopic (exact) mass is 167 g/mol. The van der Waals surface area contributed by atoms with Crippen LogP contribution in [-0.4, -0.2) is 12.2 Å². The Morgan fingerprint density at radius 3 is 2.67 bits per heavy atom. The van der Waals surface area contributed by atoms with Gasteiger partial charge in [0.05, 0.1) is 0 Å². The van der Waals surface area contributed by atoms with Gasteiger partial charge in [0.1, 0.15) is 0 Å². The van der Waals surface area contributed by atoms with Crippen LogP contribution in [0.1, 0.15) is 26.7 Å². The second-order valence-corrected chi connectivity index (χ2v) is 3.92. The summed E-state index contributed by atoms with van der Waals surface area (Å²) in [6, 6.07) is 0. The summed E-state index contributed by atoms with van der Waals surface area (Å²) in [7, 11) is 0. The summed E-state index contributed by atoms with van der Waals surface area (Å²) in [4.78, 5) is 21.3. The third kappa shape index (κ3) is 2.19. The van der Waals surface area contributed by atoms with E-state index in [2.05, 4.69) is 5.32 Å². The lowest BCUT2D eigenvalue weighted by atomic mass is 9.79. The van der Waals surface area contributed by atoms with E-state index in [1.807, 2.05) is 13.8 Å². The Balaban J connectivity index is 2.76. The molecule has 0 atom stereocenters. The highest BCUT2D eigenvalue weighted by Gasteiger charge is 2.27. The van der Waals surface area contributed by atoms with Crippen LogP contribution in [0.2, 0.25) is 0 Å². The van der Waals surface area contributed by atoms with Crippen molar-refractivity contribution in [1.82, 2.24) is 5.32 Å². The van der Waals surface area contributed by atoms with Crippen molar-refractivity contribution in [3.63, 3.8) is 0 Å². The average molecular weight is 167 g/mol. The maximum absolute atomic E-state index is 11.1. The maximum atomic E-state index is 11.1. The normalized spacial score (nSPS) is 21.5. The van der Waals surface area contributed by atoms with E-state index in [1.54, 1.807) is 0 Å². The molecule has 0 heterocycles. The van der Waals surface area contributed by atoms with Crippen LogP contribution >= 0.6 is 0 Å². The zero-order valence-corrected chi connectivity index (χ0v) is 7.39. The van der Waals surface area contributed by atoms with Crippen LogP contribution in [0.4, 0.5) is 0 Å². The Morgan fingerprint density at radius 1 is 1.50 bits per heavy atom. The largest absolute Gasteiger partial charge is 0.332 e. The van der Waals surface area contributed by atoms with Crippen molar-refractivity contribution in [2.45, 2.75) is 26.7 Å². The van der Waals surface area contributed by atoms with Crippen LogP contribution in [0.25, 0.3) is 0 Å². The molecule has 0 unspecified atom stereocenters. The highest BCUT2D eigenvalue weighted by Crippen LogP contribution is 2.32. The molecule has 0 bridgehead atoms. The van der Waals surface area contributed by atoms with Crippen LogP contribution in [-0.2, 0) is 9.59 Å². The van der Waals surface area contributed by atoms with Crippen LogP contribution in [0.5, 0.6) is 0 Å². The van der Waals surface area contributed by atoms with Crippen LogP contribution in [0.15, 0.2) is 11.8 Å². The van der Waals surface area contributed by atoms with Gasteiger partial charge in [0, 0.05) is 18.2 Å². The van der Waals surface area contributed by atoms with Crippen LogP contribution in [0, 0.1) is 5.41 Å². The molecule has 3 heteroatoms. The molecule has 1 rings (SSSR count). The third-order valence-electron chi connectivity index (χ3n) is 1.90. The summed E-state index contributed by atoms with van der Waals surface area (Å²) in [6.07, 6.45) is 3.45. The molecule has 1 N–H and O–H groups in total. The molecule has 0 saturated heterocycles. The molecule has 0 aromatic carbocycles. The first-order valence-electron chi connectivity index (χ1n) is 3.97. The quantitative estimate of drug-likeness (QED) is 0.624. The molecular formula is C9H13NO2. The van der Waals surface area contributed by atoms with E-state index in [-0.39, 0.29) is 11.2 Å². The highest BCUT2D eigenvalue weighted by molar-refractivity contribution is 5.92. The summed E-state index contributed by atoms with van der Waals surface area (Å²) in [6.45, 7) is 4.04. The van der Waals surface area contributed by atoms with Gasteiger partial charge in [-0.25, -0.2) is 0 Å². The number of carbonyl (C=O) groups excluding carboxylic acids is 2. The summed E-state index contributed by atoms with van der Waals surface area (Å²) in [5.74, 6) is 0.0931. The van der Waals surface area contributed by atoms with Gasteiger partial charge in [-0.3, -0.25) is 9.59 Å². The zero-order valence-electron chi connectivity index (χ0n) is 7.39. The maximum Gasteiger partial charge on any atom is 0.211 e. The number of allylic oxidation sites excluding steroid dienone is 2. The number of rotatable bonds is 2. The van der Waals surface area contributed by atoms with E-state index >= 15 is 0 Å². The first-order chi connectivity index (χ1) is 5.53. The van der Waals surface area contributed by atoms with Gasteiger partial charge in [-0.2, -0.15) is 0 Å². The van der Waals surface area contributed by atoms with Crippen molar-refractivity contribution in [2.75, 3.05) is 0 Å². The van der Waals surface area contributed by atoms with E-state index in [9.17, 15) is 9.59 Å². The molecule has 0 saturated carbocycles. The van der Waals surface area contributed by atoms with Gasteiger partial charge in [-0.1, -0.05) is 13.8 Å². The van der Waals surface area contributed by atoms with E-state index in [1.165, 1.54) is 6.08 Å². The predicted molar refractivity (Wildman–Crippen MR) is 45.3 cm³/mol. The first kappa shape index (κ1) is 8.97. The Morgan fingerprint density at radius 2 is 2.17 bits per heavy atom.